The average molecular weight is 315 g/mol. The first-order valence-electron chi connectivity index (χ1n) is 5.98. The van der Waals surface area contributed by atoms with Gasteiger partial charge in [-0.3, -0.25) is 4.90 Å². The second-order valence-corrected chi connectivity index (χ2v) is 6.89. The number of nitrogens with two attached hydrogens (primary N) is 1. The summed E-state index contributed by atoms with van der Waals surface area (Å²) in [6.07, 6.45) is 0. The number of halogens is 1. The van der Waals surface area contributed by atoms with E-state index in [1.807, 2.05) is 12.1 Å². The Balaban J connectivity index is 2.12. The van der Waals surface area contributed by atoms with E-state index in [0.717, 1.165) is 23.2 Å². The Hall–Kier alpha value is -0.190. The molecule has 0 spiro atoms. The number of rotatable bonds is 2. The molecule has 0 saturated carbocycles. The van der Waals surface area contributed by atoms with Crippen LogP contribution in [0.15, 0.2) is 22.7 Å². The van der Waals surface area contributed by atoms with E-state index in [-0.39, 0.29) is 0 Å². The van der Waals surface area contributed by atoms with Crippen molar-refractivity contribution in [2.75, 3.05) is 18.0 Å². The number of benzene rings is 1. The molecule has 1 fully saturated rings. The zero-order valence-corrected chi connectivity index (χ0v) is 12.7. The van der Waals surface area contributed by atoms with Crippen molar-refractivity contribution in [2.45, 2.75) is 31.7 Å². The van der Waals surface area contributed by atoms with Crippen LogP contribution in [-0.4, -0.2) is 28.5 Å². The van der Waals surface area contributed by atoms with Crippen molar-refractivity contribution < 1.29 is 0 Å². The first kappa shape index (κ1) is 13.2. The number of nitrogen functional groups attached to an aromatic ring is 1. The lowest BCUT2D eigenvalue weighted by Gasteiger charge is -2.37. The molecule has 1 aliphatic heterocycles. The van der Waals surface area contributed by atoms with Crippen molar-refractivity contribution in [3.63, 3.8) is 0 Å². The van der Waals surface area contributed by atoms with Crippen molar-refractivity contribution >= 4 is 33.4 Å². The summed E-state index contributed by atoms with van der Waals surface area (Å²) in [6, 6.07) is 6.75. The standard InChI is InChI=1S/C13H19BrN2S/c1-9-10(2)17-7-6-16(9)8-11-4-3-5-12(15)13(11)14/h3-5,9-10H,6-8,15H2,1-2H3. The minimum atomic E-state index is 0.627. The van der Waals surface area contributed by atoms with Crippen LogP contribution < -0.4 is 5.73 Å². The van der Waals surface area contributed by atoms with E-state index >= 15 is 0 Å². The normalized spacial score (nSPS) is 26.1. The lowest BCUT2D eigenvalue weighted by molar-refractivity contribution is 0.204. The Bertz CT molecular complexity index is 397. The summed E-state index contributed by atoms with van der Waals surface area (Å²) in [5, 5.41) is 0.712. The largest absolute Gasteiger partial charge is 0.398 e. The minimum Gasteiger partial charge on any atom is -0.398 e. The molecule has 2 atom stereocenters. The third-order valence-electron chi connectivity index (χ3n) is 3.50. The van der Waals surface area contributed by atoms with Gasteiger partial charge in [-0.05, 0) is 34.5 Å². The number of hydrogen-bond donors (Lipinski definition) is 1. The highest BCUT2D eigenvalue weighted by molar-refractivity contribution is 9.10. The van der Waals surface area contributed by atoms with Gasteiger partial charge in [0.15, 0.2) is 0 Å². The highest BCUT2D eigenvalue weighted by Crippen LogP contribution is 2.29. The SMILES string of the molecule is CC1SCCN(Cc2cccc(N)c2Br)C1C. The van der Waals surface area contributed by atoms with E-state index in [4.69, 9.17) is 5.73 Å². The van der Waals surface area contributed by atoms with E-state index in [9.17, 15) is 0 Å². The molecule has 2 unspecified atom stereocenters. The molecule has 0 amide bonds. The fraction of sp³-hybridized carbons (Fsp3) is 0.538. The molecule has 2 nitrogen and oxygen atoms in total. The molecule has 0 radical (unpaired) electrons. The molecular formula is C13H19BrN2S. The highest BCUT2D eigenvalue weighted by atomic mass is 79.9. The van der Waals surface area contributed by atoms with Crippen LogP contribution in [0.2, 0.25) is 0 Å². The topological polar surface area (TPSA) is 29.3 Å². The Kier molecular flexibility index (Phi) is 4.39. The number of nitrogens with zero attached hydrogens (tertiary/aromatic N) is 1. The molecule has 0 bridgehead atoms. The van der Waals surface area contributed by atoms with E-state index in [1.54, 1.807) is 0 Å². The maximum atomic E-state index is 5.92. The Morgan fingerprint density at radius 2 is 2.24 bits per heavy atom. The quantitative estimate of drug-likeness (QED) is 0.849. The van der Waals surface area contributed by atoms with E-state index in [0.29, 0.717) is 11.3 Å². The van der Waals surface area contributed by atoms with E-state index in [2.05, 4.69) is 52.5 Å². The number of anilines is 1. The summed E-state index contributed by atoms with van der Waals surface area (Å²) in [5.41, 5.74) is 8.03. The number of thioether (sulfide) groups is 1. The summed E-state index contributed by atoms with van der Waals surface area (Å²) in [4.78, 5) is 2.54. The molecule has 4 heteroatoms. The third kappa shape index (κ3) is 2.98. The van der Waals surface area contributed by atoms with Gasteiger partial charge in [0, 0.05) is 40.3 Å². The molecule has 2 rings (SSSR count). The van der Waals surface area contributed by atoms with Crippen LogP contribution in [-0.2, 0) is 6.54 Å². The van der Waals surface area contributed by atoms with Crippen molar-refractivity contribution in [1.82, 2.24) is 4.90 Å². The Morgan fingerprint density at radius 1 is 1.47 bits per heavy atom. The van der Waals surface area contributed by atoms with Crippen molar-refractivity contribution in [1.29, 1.82) is 0 Å². The van der Waals surface area contributed by atoms with Crippen LogP contribution >= 0.6 is 27.7 Å². The van der Waals surface area contributed by atoms with Crippen LogP contribution in [0.1, 0.15) is 19.4 Å². The summed E-state index contributed by atoms with van der Waals surface area (Å²) in [5.74, 6) is 1.23. The molecule has 2 N–H and O–H groups in total. The predicted molar refractivity (Wildman–Crippen MR) is 80.3 cm³/mol. The first-order valence-corrected chi connectivity index (χ1v) is 7.82. The summed E-state index contributed by atoms with van der Waals surface area (Å²) in [6.45, 7) is 6.78. The fourth-order valence-corrected chi connectivity index (χ4v) is 3.71. The van der Waals surface area contributed by atoms with Crippen LogP contribution in [0.4, 0.5) is 5.69 Å². The molecule has 1 aliphatic rings. The highest BCUT2D eigenvalue weighted by Gasteiger charge is 2.25. The zero-order chi connectivity index (χ0) is 12.4. The van der Waals surface area contributed by atoms with E-state index < -0.39 is 0 Å². The van der Waals surface area contributed by atoms with Gasteiger partial charge < -0.3 is 5.73 Å². The third-order valence-corrected chi connectivity index (χ3v) is 5.80. The molecule has 0 aliphatic carbocycles. The van der Waals surface area contributed by atoms with E-state index in [1.165, 1.54) is 11.3 Å². The van der Waals surface area contributed by atoms with Gasteiger partial charge in [0.1, 0.15) is 0 Å². The van der Waals surface area contributed by atoms with Gasteiger partial charge in [-0.15, -0.1) is 0 Å². The second-order valence-electron chi connectivity index (χ2n) is 4.61. The van der Waals surface area contributed by atoms with Crippen LogP contribution in [0.3, 0.4) is 0 Å². The van der Waals surface area contributed by atoms with Crippen LogP contribution in [0, 0.1) is 0 Å². The Labute approximate surface area is 116 Å². The zero-order valence-electron chi connectivity index (χ0n) is 10.3. The molecule has 1 saturated heterocycles. The molecular weight excluding hydrogens is 296 g/mol. The average Bonchev–Trinajstić information content (AvgIpc) is 2.31. The van der Waals surface area contributed by atoms with Crippen LogP contribution in [0.25, 0.3) is 0 Å². The summed E-state index contributed by atoms with van der Waals surface area (Å²) in [7, 11) is 0. The lowest BCUT2D eigenvalue weighted by atomic mass is 10.1. The van der Waals surface area contributed by atoms with Gasteiger partial charge in [0.25, 0.3) is 0 Å². The van der Waals surface area contributed by atoms with Gasteiger partial charge in [0.2, 0.25) is 0 Å². The minimum absolute atomic E-state index is 0.627. The predicted octanol–water partition coefficient (Wildman–Crippen LogP) is 3.36. The molecule has 1 heterocycles. The van der Waals surface area contributed by atoms with Gasteiger partial charge in [-0.2, -0.15) is 11.8 Å². The van der Waals surface area contributed by atoms with Gasteiger partial charge >= 0.3 is 0 Å². The fourth-order valence-electron chi connectivity index (χ4n) is 2.16. The van der Waals surface area contributed by atoms with Gasteiger partial charge in [0.05, 0.1) is 0 Å². The maximum Gasteiger partial charge on any atom is 0.0461 e. The number of hydrogen-bond acceptors (Lipinski definition) is 3. The van der Waals surface area contributed by atoms with Crippen molar-refractivity contribution in [2.24, 2.45) is 0 Å². The summed E-state index contributed by atoms with van der Waals surface area (Å²) >= 11 is 5.65. The monoisotopic (exact) mass is 314 g/mol. The van der Waals surface area contributed by atoms with Crippen LogP contribution in [0.5, 0.6) is 0 Å². The smallest absolute Gasteiger partial charge is 0.0461 e. The molecule has 1 aromatic rings. The van der Waals surface area contributed by atoms with Gasteiger partial charge in [-0.1, -0.05) is 19.1 Å². The van der Waals surface area contributed by atoms with Crippen molar-refractivity contribution in [3.05, 3.63) is 28.2 Å². The first-order chi connectivity index (χ1) is 8.09. The molecule has 17 heavy (non-hydrogen) atoms. The Morgan fingerprint density at radius 3 is 3.00 bits per heavy atom. The molecule has 0 aromatic heterocycles. The lowest BCUT2D eigenvalue weighted by Crippen LogP contribution is -2.44. The molecule has 94 valence electrons. The summed E-state index contributed by atoms with van der Waals surface area (Å²) < 4.78 is 1.05. The molecule has 1 aromatic carbocycles. The maximum absolute atomic E-state index is 5.92. The van der Waals surface area contributed by atoms with Gasteiger partial charge in [-0.25, -0.2) is 0 Å². The second kappa shape index (κ2) is 5.63. The van der Waals surface area contributed by atoms with Crippen molar-refractivity contribution in [3.8, 4) is 0 Å².